The lowest BCUT2D eigenvalue weighted by Gasteiger charge is -2.22. The number of alkyl halides is 3. The van der Waals surface area contributed by atoms with Gasteiger partial charge in [0.05, 0.1) is 11.2 Å². The van der Waals surface area contributed by atoms with Gasteiger partial charge in [0.25, 0.3) is 6.43 Å². The van der Waals surface area contributed by atoms with E-state index in [1.165, 1.54) is 11.6 Å². The fraction of sp³-hybridized carbons (Fsp3) is 0.700. The second-order valence-electron chi connectivity index (χ2n) is 4.49. The fourth-order valence-corrected chi connectivity index (χ4v) is 1.30. The van der Waals surface area contributed by atoms with Gasteiger partial charge in [-0.25, -0.2) is 13.2 Å². The Balaban J connectivity index is 3.24. The highest BCUT2D eigenvalue weighted by atomic mass is 19.3. The first-order valence-corrected chi connectivity index (χ1v) is 4.76. The molecule has 0 saturated heterocycles. The van der Waals surface area contributed by atoms with Gasteiger partial charge in [0.2, 0.25) is 0 Å². The number of nitrogens with zero attached hydrogens (tertiary/aromatic N) is 2. The Kier molecular flexibility index (Phi) is 3.11. The van der Waals surface area contributed by atoms with E-state index in [0.29, 0.717) is 0 Å². The van der Waals surface area contributed by atoms with Gasteiger partial charge in [0.1, 0.15) is 11.9 Å². The predicted molar refractivity (Wildman–Crippen MR) is 51.7 cm³/mol. The molecule has 1 aromatic heterocycles. The largest absolute Gasteiger partial charge is 0.280 e. The van der Waals surface area contributed by atoms with E-state index >= 15 is 0 Å². The van der Waals surface area contributed by atoms with Crippen LogP contribution >= 0.6 is 0 Å². The lowest BCUT2D eigenvalue weighted by atomic mass is 10.1. The molecule has 1 aromatic rings. The average Bonchev–Trinajstić information content (AvgIpc) is 2.45. The standard InChI is InChI=1S/C10H15F3N2/c1-6(11)7-5-8(9(12)13)15(14-7)10(2,3)4/h5-6,9H,1-4H3. The Morgan fingerprint density at radius 2 is 1.80 bits per heavy atom. The zero-order valence-electron chi connectivity index (χ0n) is 9.26. The van der Waals surface area contributed by atoms with Gasteiger partial charge in [-0.2, -0.15) is 5.10 Å². The van der Waals surface area contributed by atoms with Gasteiger partial charge in [-0.15, -0.1) is 0 Å². The van der Waals surface area contributed by atoms with Crippen molar-refractivity contribution in [2.75, 3.05) is 0 Å². The van der Waals surface area contributed by atoms with E-state index in [1.807, 2.05) is 0 Å². The molecule has 1 rings (SSSR count). The van der Waals surface area contributed by atoms with Gasteiger partial charge in [0.15, 0.2) is 0 Å². The Morgan fingerprint density at radius 1 is 1.27 bits per heavy atom. The number of aromatic nitrogens is 2. The molecule has 2 nitrogen and oxygen atoms in total. The second kappa shape index (κ2) is 3.87. The van der Waals surface area contributed by atoms with Crippen LogP contribution in [0, 0.1) is 0 Å². The van der Waals surface area contributed by atoms with Gasteiger partial charge >= 0.3 is 0 Å². The van der Waals surface area contributed by atoms with E-state index in [2.05, 4.69) is 5.10 Å². The fourth-order valence-electron chi connectivity index (χ4n) is 1.30. The molecule has 0 aliphatic heterocycles. The summed E-state index contributed by atoms with van der Waals surface area (Å²) in [6, 6.07) is 1.13. The number of halogens is 3. The maximum Gasteiger partial charge on any atom is 0.280 e. The van der Waals surface area contributed by atoms with E-state index in [1.54, 1.807) is 20.8 Å². The molecule has 0 N–H and O–H groups in total. The van der Waals surface area contributed by atoms with E-state index < -0.39 is 18.1 Å². The first-order valence-electron chi connectivity index (χ1n) is 4.76. The van der Waals surface area contributed by atoms with Gasteiger partial charge in [-0.3, -0.25) is 4.68 Å². The van der Waals surface area contributed by atoms with Crippen molar-refractivity contribution in [1.82, 2.24) is 9.78 Å². The molecular formula is C10H15F3N2. The highest BCUT2D eigenvalue weighted by molar-refractivity contribution is 5.15. The zero-order valence-corrected chi connectivity index (χ0v) is 9.26. The van der Waals surface area contributed by atoms with Crippen molar-refractivity contribution < 1.29 is 13.2 Å². The number of rotatable bonds is 2. The highest BCUT2D eigenvalue weighted by Gasteiger charge is 2.25. The summed E-state index contributed by atoms with van der Waals surface area (Å²) >= 11 is 0. The molecule has 0 aliphatic rings. The maximum atomic E-state index is 13.0. The van der Waals surface area contributed by atoms with Crippen LogP contribution in [0.5, 0.6) is 0 Å². The number of hydrogen-bond donors (Lipinski definition) is 0. The summed E-state index contributed by atoms with van der Waals surface area (Å²) in [6.07, 6.45) is -3.96. The van der Waals surface area contributed by atoms with Crippen molar-refractivity contribution in [3.63, 3.8) is 0 Å². The molecule has 0 aromatic carbocycles. The molecule has 0 spiro atoms. The molecule has 0 fully saturated rings. The molecular weight excluding hydrogens is 205 g/mol. The van der Waals surface area contributed by atoms with E-state index in [9.17, 15) is 13.2 Å². The van der Waals surface area contributed by atoms with Crippen molar-refractivity contribution in [2.24, 2.45) is 0 Å². The first kappa shape index (κ1) is 12.1. The molecule has 86 valence electrons. The minimum atomic E-state index is -2.63. The molecule has 0 saturated carbocycles. The van der Waals surface area contributed by atoms with E-state index in [4.69, 9.17) is 0 Å². The predicted octanol–water partition coefficient (Wildman–Crippen LogP) is 3.61. The SMILES string of the molecule is CC(F)c1cc(C(F)F)n(C(C)(C)C)n1. The topological polar surface area (TPSA) is 17.8 Å². The lowest BCUT2D eigenvalue weighted by molar-refractivity contribution is 0.130. The van der Waals surface area contributed by atoms with Crippen LogP contribution in [-0.4, -0.2) is 9.78 Å². The highest BCUT2D eigenvalue weighted by Crippen LogP contribution is 2.28. The lowest BCUT2D eigenvalue weighted by Crippen LogP contribution is -2.25. The van der Waals surface area contributed by atoms with E-state index in [0.717, 1.165) is 6.07 Å². The summed E-state index contributed by atoms with van der Waals surface area (Å²) in [5, 5.41) is 3.86. The van der Waals surface area contributed by atoms with Gasteiger partial charge in [-0.1, -0.05) is 0 Å². The first-order chi connectivity index (χ1) is 6.73. The van der Waals surface area contributed by atoms with Gasteiger partial charge in [-0.05, 0) is 33.8 Å². The molecule has 0 bridgehead atoms. The third-order valence-electron chi connectivity index (χ3n) is 2.02. The molecule has 15 heavy (non-hydrogen) atoms. The molecule has 1 unspecified atom stereocenters. The Labute approximate surface area is 87.1 Å². The van der Waals surface area contributed by atoms with Crippen LogP contribution < -0.4 is 0 Å². The quantitative estimate of drug-likeness (QED) is 0.744. The molecule has 0 radical (unpaired) electrons. The van der Waals surface area contributed by atoms with Crippen LogP contribution in [0.3, 0.4) is 0 Å². The normalized spacial score (nSPS) is 14.7. The van der Waals surface area contributed by atoms with Crippen molar-refractivity contribution in [3.8, 4) is 0 Å². The smallest absolute Gasteiger partial charge is 0.258 e. The van der Waals surface area contributed by atoms with Crippen LogP contribution in [-0.2, 0) is 5.54 Å². The minimum Gasteiger partial charge on any atom is -0.258 e. The molecule has 1 atom stereocenters. The second-order valence-corrected chi connectivity index (χ2v) is 4.49. The average molecular weight is 220 g/mol. The van der Waals surface area contributed by atoms with Crippen LogP contribution in [0.25, 0.3) is 0 Å². The Bertz CT molecular complexity index is 337. The summed E-state index contributed by atoms with van der Waals surface area (Å²) in [5.74, 6) is 0. The van der Waals surface area contributed by atoms with Crippen LogP contribution in [0.2, 0.25) is 0 Å². The summed E-state index contributed by atoms with van der Waals surface area (Å²) in [5.41, 5.74) is -0.749. The van der Waals surface area contributed by atoms with Gasteiger partial charge < -0.3 is 0 Å². The van der Waals surface area contributed by atoms with Crippen LogP contribution in [0.1, 0.15) is 51.7 Å². The monoisotopic (exact) mass is 220 g/mol. The van der Waals surface area contributed by atoms with E-state index in [-0.39, 0.29) is 11.4 Å². The van der Waals surface area contributed by atoms with Crippen molar-refractivity contribution in [2.45, 2.75) is 45.8 Å². The summed E-state index contributed by atoms with van der Waals surface area (Å²) in [7, 11) is 0. The van der Waals surface area contributed by atoms with Crippen LogP contribution in [0.15, 0.2) is 6.07 Å². The van der Waals surface area contributed by atoms with Crippen molar-refractivity contribution in [1.29, 1.82) is 0 Å². The molecule has 5 heteroatoms. The van der Waals surface area contributed by atoms with Gasteiger partial charge in [0, 0.05) is 0 Å². The summed E-state index contributed by atoms with van der Waals surface area (Å²) < 4.78 is 39.4. The minimum absolute atomic E-state index is 0.0558. The molecule has 0 aliphatic carbocycles. The molecule has 0 amide bonds. The van der Waals surface area contributed by atoms with Crippen molar-refractivity contribution in [3.05, 3.63) is 17.5 Å². The third kappa shape index (κ3) is 2.52. The number of hydrogen-bond acceptors (Lipinski definition) is 1. The third-order valence-corrected chi connectivity index (χ3v) is 2.02. The summed E-state index contributed by atoms with van der Waals surface area (Å²) in [4.78, 5) is 0. The van der Waals surface area contributed by atoms with Crippen LogP contribution in [0.4, 0.5) is 13.2 Å². The molecule has 1 heterocycles. The summed E-state index contributed by atoms with van der Waals surface area (Å²) in [6.45, 7) is 6.53. The zero-order chi connectivity index (χ0) is 11.8. The Hall–Kier alpha value is -1.00. The Morgan fingerprint density at radius 3 is 2.07 bits per heavy atom. The van der Waals surface area contributed by atoms with Crippen molar-refractivity contribution >= 4 is 0 Å². The maximum absolute atomic E-state index is 13.0.